The van der Waals surface area contributed by atoms with E-state index in [1.807, 2.05) is 24.3 Å². The van der Waals surface area contributed by atoms with Gasteiger partial charge in [0.25, 0.3) is 0 Å². The van der Waals surface area contributed by atoms with Crippen LogP contribution < -0.4 is 33.2 Å². The minimum Gasteiger partial charge on any atom is -0.504 e. The van der Waals surface area contributed by atoms with Crippen molar-refractivity contribution in [3.63, 3.8) is 0 Å². The van der Waals surface area contributed by atoms with Gasteiger partial charge in [0.15, 0.2) is 46.0 Å². The van der Waals surface area contributed by atoms with Crippen molar-refractivity contribution in [3.8, 4) is 62.9 Å². The Kier molecular flexibility index (Phi) is 11.8. The third-order valence-electron chi connectivity index (χ3n) is 10.8. The molecule has 0 spiro atoms. The molecule has 0 unspecified atom stereocenters. The van der Waals surface area contributed by atoms with Crippen LogP contribution in [0.3, 0.4) is 0 Å². The van der Waals surface area contributed by atoms with E-state index in [4.69, 9.17) is 33.2 Å². The van der Waals surface area contributed by atoms with E-state index in [2.05, 4.69) is 42.1 Å². The molecule has 1 aliphatic carbocycles. The first kappa shape index (κ1) is 39.0. The molecule has 2 heterocycles. The van der Waals surface area contributed by atoms with Crippen LogP contribution in [0.15, 0.2) is 42.5 Å². The molecule has 12 heteroatoms. The summed E-state index contributed by atoms with van der Waals surface area (Å²) in [7, 11) is 14.1. The molecule has 2 atom stereocenters. The lowest BCUT2D eigenvalue weighted by molar-refractivity contribution is 0.226. The predicted molar refractivity (Wildman–Crippen MR) is 206 cm³/mol. The molecule has 0 aromatic heterocycles. The van der Waals surface area contributed by atoms with Gasteiger partial charge in [0.1, 0.15) is 5.75 Å². The average Bonchev–Trinajstić information content (AvgIpc) is 3.14. The SMILES string of the molecule is COc1cc(C[C@@H]2c3cc(OC)c(OC)cc3CCN2C)c(Oc2cc3c(cc2OC)-c2c(O)c(OC)cc4c2[C@H](C3)N(C)CC4)cc1OC.Cl.Cl. The fourth-order valence-electron chi connectivity index (χ4n) is 8.02. The second kappa shape index (κ2) is 15.8. The summed E-state index contributed by atoms with van der Waals surface area (Å²) in [5.41, 5.74) is 8.54. The third-order valence-corrected chi connectivity index (χ3v) is 10.8. The molecular formula is C40H48Cl2N2O8. The minimum absolute atomic E-state index is 0. The molecule has 2 aliphatic heterocycles. The number of ether oxygens (including phenoxy) is 7. The van der Waals surface area contributed by atoms with E-state index in [9.17, 15) is 5.11 Å². The van der Waals surface area contributed by atoms with Crippen LogP contribution in [0.4, 0.5) is 0 Å². The van der Waals surface area contributed by atoms with Gasteiger partial charge in [0, 0.05) is 42.4 Å². The van der Waals surface area contributed by atoms with Crippen molar-refractivity contribution in [2.24, 2.45) is 0 Å². The number of benzene rings is 4. The molecule has 280 valence electrons. The number of halogens is 2. The highest BCUT2D eigenvalue weighted by molar-refractivity contribution is 5.86. The van der Waals surface area contributed by atoms with Crippen molar-refractivity contribution < 1.29 is 38.3 Å². The van der Waals surface area contributed by atoms with Gasteiger partial charge in [0.2, 0.25) is 0 Å². The number of aromatic hydroxyl groups is 1. The summed E-state index contributed by atoms with van der Waals surface area (Å²) < 4.78 is 41.3. The smallest absolute Gasteiger partial charge is 0.169 e. The lowest BCUT2D eigenvalue weighted by Crippen LogP contribution is -2.35. The molecule has 10 nitrogen and oxygen atoms in total. The Balaban J connectivity index is 0.00000261. The fraction of sp³-hybridized carbons (Fsp3) is 0.400. The molecule has 4 aromatic carbocycles. The van der Waals surface area contributed by atoms with E-state index < -0.39 is 0 Å². The fourth-order valence-corrected chi connectivity index (χ4v) is 8.02. The van der Waals surface area contributed by atoms with Gasteiger partial charge in [-0.05, 0) is 110 Å². The van der Waals surface area contributed by atoms with Crippen LogP contribution in [0.5, 0.6) is 51.7 Å². The zero-order chi connectivity index (χ0) is 35.3. The van der Waals surface area contributed by atoms with Crippen molar-refractivity contribution in [2.45, 2.75) is 37.8 Å². The molecule has 0 saturated carbocycles. The molecular weight excluding hydrogens is 707 g/mol. The Hall–Kier alpha value is -4.22. The van der Waals surface area contributed by atoms with Crippen molar-refractivity contribution in [1.29, 1.82) is 0 Å². The van der Waals surface area contributed by atoms with E-state index >= 15 is 0 Å². The summed E-state index contributed by atoms with van der Waals surface area (Å²) in [6.07, 6.45) is 3.21. The number of likely N-dealkylation sites (N-methyl/N-ethyl adjacent to an activating group) is 2. The molecule has 0 saturated heterocycles. The number of methoxy groups -OCH3 is 6. The lowest BCUT2D eigenvalue weighted by atomic mass is 9.76. The molecule has 0 radical (unpaired) electrons. The topological polar surface area (TPSA) is 91.3 Å². The van der Waals surface area contributed by atoms with Gasteiger partial charge in [-0.3, -0.25) is 9.80 Å². The first-order valence-electron chi connectivity index (χ1n) is 16.9. The van der Waals surface area contributed by atoms with E-state index in [1.54, 1.807) is 42.7 Å². The number of phenols is 1. The molecule has 7 rings (SSSR count). The lowest BCUT2D eigenvalue weighted by Gasteiger charge is -2.40. The van der Waals surface area contributed by atoms with Crippen LogP contribution in [0, 0.1) is 0 Å². The van der Waals surface area contributed by atoms with Crippen LogP contribution in [-0.2, 0) is 25.7 Å². The van der Waals surface area contributed by atoms with Gasteiger partial charge in [-0.1, -0.05) is 0 Å². The van der Waals surface area contributed by atoms with Crippen LogP contribution in [-0.4, -0.2) is 84.7 Å². The number of nitrogens with zero attached hydrogens (tertiary/aromatic N) is 2. The monoisotopic (exact) mass is 754 g/mol. The standard InChI is InChI=1S/C40H46N2O8.2ClH/c1-41-11-9-22-15-31(44-3)33(46-5)19-26(22)28(41)14-25-18-32(45-4)35(48-7)21-30(25)50-36-17-24-13-29-38-23(10-12-42(29)2)16-37(49-8)40(43)39(38)27(24)20-34(36)47-6;;/h15-21,28-29,43H,9-14H2,1-8H3;2*1H/t28-,29+;;/m1../s1. The first-order valence-corrected chi connectivity index (χ1v) is 16.9. The number of hydrogen-bond acceptors (Lipinski definition) is 10. The zero-order valence-corrected chi connectivity index (χ0v) is 32.6. The number of hydrogen-bond donors (Lipinski definition) is 1. The summed E-state index contributed by atoms with van der Waals surface area (Å²) in [4.78, 5) is 4.72. The second-order valence-electron chi connectivity index (χ2n) is 13.3. The van der Waals surface area contributed by atoms with Crippen molar-refractivity contribution >= 4 is 24.8 Å². The van der Waals surface area contributed by atoms with Crippen molar-refractivity contribution in [2.75, 3.05) is 69.8 Å². The molecule has 4 aromatic rings. The number of phenolic OH excluding ortho intramolecular Hbond substituents is 1. The Morgan fingerprint density at radius 3 is 1.81 bits per heavy atom. The summed E-state index contributed by atoms with van der Waals surface area (Å²) in [5.74, 6) is 5.02. The van der Waals surface area contributed by atoms with Gasteiger partial charge in [-0.2, -0.15) is 0 Å². The van der Waals surface area contributed by atoms with E-state index in [1.165, 1.54) is 16.7 Å². The Labute approximate surface area is 318 Å². The third kappa shape index (κ3) is 6.62. The molecule has 0 bridgehead atoms. The maximum atomic E-state index is 11.5. The van der Waals surface area contributed by atoms with Crippen LogP contribution in [0.25, 0.3) is 11.1 Å². The quantitative estimate of drug-likeness (QED) is 0.175. The highest BCUT2D eigenvalue weighted by Gasteiger charge is 2.37. The normalized spacial score (nSPS) is 17.3. The van der Waals surface area contributed by atoms with Crippen molar-refractivity contribution in [1.82, 2.24) is 9.80 Å². The molecule has 0 fully saturated rings. The second-order valence-corrected chi connectivity index (χ2v) is 13.3. The minimum atomic E-state index is 0. The maximum absolute atomic E-state index is 11.5. The van der Waals surface area contributed by atoms with Gasteiger partial charge < -0.3 is 38.3 Å². The predicted octanol–water partition coefficient (Wildman–Crippen LogP) is 7.60. The summed E-state index contributed by atoms with van der Waals surface area (Å²) in [6, 6.07) is 14.3. The average molecular weight is 756 g/mol. The van der Waals surface area contributed by atoms with Crippen LogP contribution >= 0.6 is 24.8 Å². The summed E-state index contributed by atoms with van der Waals surface area (Å²) in [5, 5.41) is 11.5. The first-order chi connectivity index (χ1) is 24.2. The Morgan fingerprint density at radius 1 is 0.596 bits per heavy atom. The van der Waals surface area contributed by atoms with E-state index in [0.29, 0.717) is 46.7 Å². The van der Waals surface area contributed by atoms with E-state index in [-0.39, 0.29) is 42.6 Å². The number of fused-ring (bicyclic) bond motifs is 3. The van der Waals surface area contributed by atoms with E-state index in [0.717, 1.165) is 65.9 Å². The summed E-state index contributed by atoms with van der Waals surface area (Å²) in [6.45, 7) is 1.82. The molecule has 52 heavy (non-hydrogen) atoms. The number of rotatable bonds is 10. The van der Waals surface area contributed by atoms with Gasteiger partial charge in [-0.15, -0.1) is 24.8 Å². The van der Waals surface area contributed by atoms with Crippen LogP contribution in [0.2, 0.25) is 0 Å². The highest BCUT2D eigenvalue weighted by atomic mass is 35.5. The maximum Gasteiger partial charge on any atom is 0.169 e. The highest BCUT2D eigenvalue weighted by Crippen LogP contribution is 2.54. The zero-order valence-electron chi connectivity index (χ0n) is 31.0. The Morgan fingerprint density at radius 2 is 1.13 bits per heavy atom. The van der Waals surface area contributed by atoms with Gasteiger partial charge >= 0.3 is 0 Å². The molecule has 0 amide bonds. The largest absolute Gasteiger partial charge is 0.504 e. The molecule has 1 N–H and O–H groups in total. The molecule has 3 aliphatic rings. The Bertz CT molecular complexity index is 1950. The van der Waals surface area contributed by atoms with Crippen molar-refractivity contribution in [3.05, 3.63) is 75.8 Å². The van der Waals surface area contributed by atoms with Crippen LogP contribution in [0.1, 0.15) is 45.5 Å². The van der Waals surface area contributed by atoms with Gasteiger partial charge in [0.05, 0.1) is 42.7 Å². The van der Waals surface area contributed by atoms with Gasteiger partial charge in [-0.25, -0.2) is 0 Å². The summed E-state index contributed by atoms with van der Waals surface area (Å²) >= 11 is 0.